The van der Waals surface area contributed by atoms with Gasteiger partial charge in [0, 0.05) is 13.1 Å². The summed E-state index contributed by atoms with van der Waals surface area (Å²) in [4.78, 5) is 12.4. The van der Waals surface area contributed by atoms with Gasteiger partial charge in [-0.05, 0) is 36.8 Å². The third-order valence-corrected chi connectivity index (χ3v) is 5.97. The third-order valence-electron chi connectivity index (χ3n) is 4.08. The molecule has 6 nitrogen and oxygen atoms in total. The van der Waals surface area contributed by atoms with E-state index in [1.54, 1.807) is 6.92 Å². The van der Waals surface area contributed by atoms with Gasteiger partial charge >= 0.3 is 5.97 Å². The number of ether oxygens (including phenoxy) is 2. The Hall–Kier alpha value is -2.29. The second-order valence-electron chi connectivity index (χ2n) is 5.81. The van der Waals surface area contributed by atoms with Crippen molar-refractivity contribution in [3.63, 3.8) is 0 Å². The van der Waals surface area contributed by atoms with Crippen molar-refractivity contribution in [3.05, 3.63) is 59.4 Å². The molecule has 2 aromatic carbocycles. The van der Waals surface area contributed by atoms with Crippen molar-refractivity contribution < 1.29 is 27.1 Å². The number of hydrogen-bond donors (Lipinski definition) is 0. The van der Waals surface area contributed by atoms with Crippen LogP contribution in [0, 0.1) is 12.7 Å². The Balaban J connectivity index is 1.90. The lowest BCUT2D eigenvalue weighted by Crippen LogP contribution is -2.40. The Labute approximate surface area is 151 Å². The maximum atomic E-state index is 13.7. The first-order valence-electron chi connectivity index (χ1n) is 8.05. The molecule has 0 bridgehead atoms. The number of benzene rings is 2. The summed E-state index contributed by atoms with van der Waals surface area (Å²) in [5.74, 6) is -1.69. The van der Waals surface area contributed by atoms with Gasteiger partial charge in [0.25, 0.3) is 0 Å². The minimum Gasteiger partial charge on any atom is -0.420 e. The number of rotatable bonds is 4. The highest BCUT2D eigenvalue weighted by atomic mass is 32.2. The van der Waals surface area contributed by atoms with Gasteiger partial charge < -0.3 is 9.47 Å². The van der Waals surface area contributed by atoms with Crippen LogP contribution >= 0.6 is 0 Å². The van der Waals surface area contributed by atoms with Crippen LogP contribution in [0.1, 0.15) is 15.9 Å². The highest BCUT2D eigenvalue weighted by molar-refractivity contribution is 7.89. The van der Waals surface area contributed by atoms with Crippen LogP contribution in [0.15, 0.2) is 47.4 Å². The van der Waals surface area contributed by atoms with Crippen LogP contribution in [0.3, 0.4) is 0 Å². The number of carbonyl (C=O) groups excluding carboxylic acids is 1. The van der Waals surface area contributed by atoms with Crippen molar-refractivity contribution in [1.29, 1.82) is 0 Å². The summed E-state index contributed by atoms with van der Waals surface area (Å²) in [6.45, 7) is 2.82. The number of aryl methyl sites for hydroxylation is 1. The first-order valence-corrected chi connectivity index (χ1v) is 9.49. The molecule has 0 radical (unpaired) electrons. The lowest BCUT2D eigenvalue weighted by atomic mass is 10.1. The molecule has 1 aliphatic heterocycles. The van der Waals surface area contributed by atoms with Crippen molar-refractivity contribution in [2.45, 2.75) is 11.8 Å². The first-order chi connectivity index (χ1) is 12.4. The van der Waals surface area contributed by atoms with Crippen LogP contribution in [0.4, 0.5) is 4.39 Å². The number of halogens is 1. The first kappa shape index (κ1) is 18.5. The van der Waals surface area contributed by atoms with Gasteiger partial charge in [0.15, 0.2) is 11.6 Å². The third kappa shape index (κ3) is 3.77. The van der Waals surface area contributed by atoms with Crippen LogP contribution in [-0.2, 0) is 14.8 Å². The highest BCUT2D eigenvalue weighted by Crippen LogP contribution is 2.23. The molecule has 0 unspecified atom stereocenters. The molecule has 3 rings (SSSR count). The Morgan fingerprint density at radius 3 is 2.54 bits per heavy atom. The lowest BCUT2D eigenvalue weighted by molar-refractivity contribution is 0.0723. The molecule has 8 heteroatoms. The van der Waals surface area contributed by atoms with E-state index in [2.05, 4.69) is 0 Å². The van der Waals surface area contributed by atoms with Gasteiger partial charge in [-0.25, -0.2) is 17.6 Å². The smallest absolute Gasteiger partial charge is 0.343 e. The lowest BCUT2D eigenvalue weighted by Gasteiger charge is -2.26. The zero-order valence-corrected chi connectivity index (χ0v) is 15.0. The fourth-order valence-electron chi connectivity index (χ4n) is 2.60. The number of sulfonamides is 1. The zero-order chi connectivity index (χ0) is 18.7. The maximum Gasteiger partial charge on any atom is 0.343 e. The van der Waals surface area contributed by atoms with Crippen LogP contribution < -0.4 is 4.74 Å². The van der Waals surface area contributed by atoms with Gasteiger partial charge in [0.1, 0.15) is 0 Å². The number of esters is 1. The van der Waals surface area contributed by atoms with Gasteiger partial charge in [-0.2, -0.15) is 4.31 Å². The minimum absolute atomic E-state index is 0.00881. The summed E-state index contributed by atoms with van der Waals surface area (Å²) in [5, 5.41) is 0. The van der Waals surface area contributed by atoms with Crippen molar-refractivity contribution in [2.75, 3.05) is 26.3 Å². The Kier molecular flexibility index (Phi) is 5.36. The SMILES string of the molecule is Cc1ccc(S(=O)(=O)N2CCOCC2)cc1C(=O)Oc1ccccc1F. The van der Waals surface area contributed by atoms with Crippen molar-refractivity contribution in [1.82, 2.24) is 4.31 Å². The van der Waals surface area contributed by atoms with E-state index in [9.17, 15) is 17.6 Å². The molecule has 0 saturated carbocycles. The minimum atomic E-state index is -3.74. The molecular formula is C18H18FNO5S. The van der Waals surface area contributed by atoms with Gasteiger partial charge in [-0.1, -0.05) is 18.2 Å². The Morgan fingerprint density at radius 2 is 1.85 bits per heavy atom. The molecule has 0 N–H and O–H groups in total. The number of para-hydroxylation sites is 1. The largest absolute Gasteiger partial charge is 0.420 e. The fraction of sp³-hybridized carbons (Fsp3) is 0.278. The van der Waals surface area contributed by atoms with E-state index in [0.717, 1.165) is 0 Å². The summed E-state index contributed by atoms with van der Waals surface area (Å²) < 4.78 is 50.7. The molecule has 0 spiro atoms. The van der Waals surface area contributed by atoms with Gasteiger partial charge in [0.05, 0.1) is 23.7 Å². The van der Waals surface area contributed by atoms with E-state index in [1.807, 2.05) is 0 Å². The summed E-state index contributed by atoms with van der Waals surface area (Å²) in [7, 11) is -3.74. The van der Waals surface area contributed by atoms with Crippen LogP contribution in [0.2, 0.25) is 0 Å². The average Bonchev–Trinajstić information content (AvgIpc) is 2.64. The average molecular weight is 379 g/mol. The van der Waals surface area contributed by atoms with Gasteiger partial charge in [-0.3, -0.25) is 0 Å². The molecule has 0 aromatic heterocycles. The second-order valence-corrected chi connectivity index (χ2v) is 7.75. The highest BCUT2D eigenvalue weighted by Gasteiger charge is 2.27. The number of nitrogens with zero attached hydrogens (tertiary/aromatic N) is 1. The van der Waals surface area contributed by atoms with E-state index < -0.39 is 21.8 Å². The summed E-state index contributed by atoms with van der Waals surface area (Å²) in [5.41, 5.74) is 0.606. The molecule has 2 aromatic rings. The second kappa shape index (κ2) is 7.53. The maximum absolute atomic E-state index is 13.7. The molecule has 0 atom stereocenters. The van der Waals surface area contributed by atoms with Crippen LogP contribution in [-0.4, -0.2) is 45.0 Å². The summed E-state index contributed by atoms with van der Waals surface area (Å²) >= 11 is 0. The molecule has 1 saturated heterocycles. The monoisotopic (exact) mass is 379 g/mol. The normalized spacial score (nSPS) is 15.6. The number of morpholine rings is 1. The van der Waals surface area contributed by atoms with Crippen molar-refractivity contribution >= 4 is 16.0 Å². The van der Waals surface area contributed by atoms with E-state index in [-0.39, 0.29) is 29.3 Å². The van der Waals surface area contributed by atoms with E-state index in [4.69, 9.17) is 9.47 Å². The molecule has 1 aliphatic rings. The zero-order valence-electron chi connectivity index (χ0n) is 14.1. The quantitative estimate of drug-likeness (QED) is 0.602. The molecule has 26 heavy (non-hydrogen) atoms. The topological polar surface area (TPSA) is 72.9 Å². The number of carbonyl (C=O) groups is 1. The predicted molar refractivity (Wildman–Crippen MR) is 92.1 cm³/mol. The standard InChI is InChI=1S/C18H18FNO5S/c1-13-6-7-14(26(22,23)20-8-10-24-11-9-20)12-15(13)18(21)25-17-5-3-2-4-16(17)19/h2-7,12H,8-11H2,1H3. The van der Waals surface area contributed by atoms with E-state index in [0.29, 0.717) is 18.8 Å². The Morgan fingerprint density at radius 1 is 1.15 bits per heavy atom. The van der Waals surface area contributed by atoms with Crippen molar-refractivity contribution in [2.24, 2.45) is 0 Å². The van der Waals surface area contributed by atoms with Crippen molar-refractivity contribution in [3.8, 4) is 5.75 Å². The van der Waals surface area contributed by atoms with E-state index in [1.165, 1.54) is 46.8 Å². The van der Waals surface area contributed by atoms with Gasteiger partial charge in [0.2, 0.25) is 10.0 Å². The van der Waals surface area contributed by atoms with Gasteiger partial charge in [-0.15, -0.1) is 0 Å². The fourth-order valence-corrected chi connectivity index (χ4v) is 4.03. The van der Waals surface area contributed by atoms with Crippen LogP contribution in [0.5, 0.6) is 5.75 Å². The molecule has 0 amide bonds. The van der Waals surface area contributed by atoms with Crippen LogP contribution in [0.25, 0.3) is 0 Å². The number of hydrogen-bond acceptors (Lipinski definition) is 5. The molecule has 138 valence electrons. The summed E-state index contributed by atoms with van der Waals surface area (Å²) in [6.07, 6.45) is 0. The molecule has 1 fully saturated rings. The van der Waals surface area contributed by atoms with E-state index >= 15 is 0 Å². The molecule has 1 heterocycles. The molecular weight excluding hydrogens is 361 g/mol. The molecule has 0 aliphatic carbocycles. The summed E-state index contributed by atoms with van der Waals surface area (Å²) in [6, 6.07) is 9.77. The Bertz CT molecular complexity index is 923. The predicted octanol–water partition coefficient (Wildman–Crippen LogP) is 2.37.